The van der Waals surface area contributed by atoms with Gasteiger partial charge in [0, 0.05) is 23.4 Å². The fraction of sp³-hybridized carbons (Fsp3) is 0.278. The Hall–Kier alpha value is -2.29. The Morgan fingerprint density at radius 1 is 1.19 bits per heavy atom. The van der Waals surface area contributed by atoms with E-state index < -0.39 is 0 Å². The third kappa shape index (κ3) is 2.00. The second-order valence-electron chi connectivity index (χ2n) is 5.57. The van der Waals surface area contributed by atoms with Crippen LogP contribution in [0.25, 0.3) is 22.3 Å². The fourth-order valence-electron chi connectivity index (χ4n) is 3.15. The highest BCUT2D eigenvalue weighted by Gasteiger charge is 2.26. The molecular formula is C18H19N2O+. The monoisotopic (exact) mass is 279 g/mol. The number of aromatic amines is 1. The van der Waals surface area contributed by atoms with Crippen LogP contribution in [0.2, 0.25) is 0 Å². The number of para-hydroxylation sites is 1. The molecule has 0 spiro atoms. The van der Waals surface area contributed by atoms with E-state index in [1.807, 2.05) is 0 Å². The molecule has 0 fully saturated rings. The van der Waals surface area contributed by atoms with Crippen molar-refractivity contribution in [3.05, 3.63) is 48.2 Å². The molecule has 0 atom stereocenters. The third-order valence-electron chi connectivity index (χ3n) is 4.14. The number of hydrogen-bond donors (Lipinski definition) is 1. The maximum atomic E-state index is 5.74. The molecule has 0 bridgehead atoms. The van der Waals surface area contributed by atoms with E-state index in [1.165, 1.54) is 27.9 Å². The van der Waals surface area contributed by atoms with Crippen LogP contribution in [-0.2, 0) is 13.0 Å². The second-order valence-corrected chi connectivity index (χ2v) is 5.57. The molecule has 0 saturated carbocycles. The van der Waals surface area contributed by atoms with E-state index in [2.05, 4.69) is 59.1 Å². The predicted molar refractivity (Wildman–Crippen MR) is 83.4 cm³/mol. The first kappa shape index (κ1) is 12.5. The summed E-state index contributed by atoms with van der Waals surface area (Å²) in [5, 5.41) is 1.35. The first-order valence-electron chi connectivity index (χ1n) is 7.63. The van der Waals surface area contributed by atoms with Crippen molar-refractivity contribution in [3.8, 4) is 17.1 Å². The van der Waals surface area contributed by atoms with E-state index >= 15 is 0 Å². The molecule has 0 saturated heterocycles. The van der Waals surface area contributed by atoms with Gasteiger partial charge in [-0.15, -0.1) is 0 Å². The SMILES string of the molecule is CCCOc1ccc2[n+](c1)CCc1c-2[nH]c2ccccc12. The molecule has 0 unspecified atom stereocenters. The average molecular weight is 279 g/mol. The Morgan fingerprint density at radius 2 is 2.10 bits per heavy atom. The van der Waals surface area contributed by atoms with Crippen molar-refractivity contribution in [2.24, 2.45) is 0 Å². The van der Waals surface area contributed by atoms with Gasteiger partial charge in [-0.3, -0.25) is 0 Å². The van der Waals surface area contributed by atoms with Crippen molar-refractivity contribution in [3.63, 3.8) is 0 Å². The van der Waals surface area contributed by atoms with Crippen LogP contribution in [0.5, 0.6) is 5.75 Å². The lowest BCUT2D eigenvalue weighted by molar-refractivity contribution is -0.688. The van der Waals surface area contributed by atoms with Crippen molar-refractivity contribution in [1.29, 1.82) is 0 Å². The lowest BCUT2D eigenvalue weighted by atomic mass is 10.0. The standard InChI is InChI=1S/C18H18N2O/c1-2-11-21-13-7-8-17-18-15(9-10-20(17)12-13)14-5-3-4-6-16(14)19-18/h3-8,12H,2,9-11H2,1H3/p+1. The number of ether oxygens (including phenoxy) is 1. The predicted octanol–water partition coefficient (Wildman–Crippen LogP) is 3.47. The van der Waals surface area contributed by atoms with Gasteiger partial charge in [0.15, 0.2) is 12.3 Å². The van der Waals surface area contributed by atoms with Gasteiger partial charge in [-0.25, -0.2) is 0 Å². The summed E-state index contributed by atoms with van der Waals surface area (Å²) in [5.41, 5.74) is 5.16. The van der Waals surface area contributed by atoms with Gasteiger partial charge in [-0.2, -0.15) is 4.57 Å². The Morgan fingerprint density at radius 3 is 3.00 bits per heavy atom. The molecule has 1 aromatic carbocycles. The zero-order valence-corrected chi connectivity index (χ0v) is 12.2. The minimum Gasteiger partial charge on any atom is -0.487 e. The number of benzene rings is 1. The van der Waals surface area contributed by atoms with Crippen LogP contribution in [0.4, 0.5) is 0 Å². The summed E-state index contributed by atoms with van der Waals surface area (Å²) in [7, 11) is 0. The first-order chi connectivity index (χ1) is 10.4. The smallest absolute Gasteiger partial charge is 0.229 e. The summed E-state index contributed by atoms with van der Waals surface area (Å²) >= 11 is 0. The number of nitrogens with one attached hydrogen (secondary N) is 1. The highest BCUT2D eigenvalue weighted by Crippen LogP contribution is 2.32. The molecule has 3 nitrogen and oxygen atoms in total. The molecule has 21 heavy (non-hydrogen) atoms. The first-order valence-corrected chi connectivity index (χ1v) is 7.63. The quantitative estimate of drug-likeness (QED) is 0.731. The van der Waals surface area contributed by atoms with Crippen molar-refractivity contribution < 1.29 is 9.30 Å². The van der Waals surface area contributed by atoms with Gasteiger partial charge in [-0.05, 0) is 24.1 Å². The van der Waals surface area contributed by atoms with Crippen LogP contribution >= 0.6 is 0 Å². The molecule has 2 aromatic heterocycles. The molecule has 0 amide bonds. The van der Waals surface area contributed by atoms with Crippen molar-refractivity contribution in [2.75, 3.05) is 6.61 Å². The number of aryl methyl sites for hydroxylation is 2. The molecule has 4 rings (SSSR count). The van der Waals surface area contributed by atoms with Crippen molar-refractivity contribution in [1.82, 2.24) is 4.98 Å². The summed E-state index contributed by atoms with van der Waals surface area (Å²) in [6, 6.07) is 12.8. The number of fused-ring (bicyclic) bond motifs is 5. The van der Waals surface area contributed by atoms with Crippen LogP contribution < -0.4 is 9.30 Å². The van der Waals surface area contributed by atoms with E-state index in [-0.39, 0.29) is 0 Å². The number of H-pyrrole nitrogens is 1. The third-order valence-corrected chi connectivity index (χ3v) is 4.14. The molecule has 3 aromatic rings. The molecule has 1 aliphatic rings. The summed E-state index contributed by atoms with van der Waals surface area (Å²) in [5.74, 6) is 0.958. The number of aromatic nitrogens is 2. The zero-order chi connectivity index (χ0) is 14.2. The van der Waals surface area contributed by atoms with Crippen LogP contribution in [0.15, 0.2) is 42.6 Å². The molecule has 1 N–H and O–H groups in total. The molecule has 1 aliphatic heterocycles. The van der Waals surface area contributed by atoms with Crippen LogP contribution in [0.3, 0.4) is 0 Å². The number of hydrogen-bond acceptors (Lipinski definition) is 1. The van der Waals surface area contributed by atoms with Crippen molar-refractivity contribution >= 4 is 10.9 Å². The molecule has 106 valence electrons. The van der Waals surface area contributed by atoms with Gasteiger partial charge in [-0.1, -0.05) is 25.1 Å². The van der Waals surface area contributed by atoms with Gasteiger partial charge in [0.05, 0.1) is 6.61 Å². The summed E-state index contributed by atoms with van der Waals surface area (Å²) in [6.07, 6.45) is 4.22. The van der Waals surface area contributed by atoms with Gasteiger partial charge in [0.2, 0.25) is 11.9 Å². The van der Waals surface area contributed by atoms with Crippen LogP contribution in [0, 0.1) is 0 Å². The fourth-order valence-corrected chi connectivity index (χ4v) is 3.15. The topological polar surface area (TPSA) is 28.9 Å². The maximum Gasteiger partial charge on any atom is 0.229 e. The van der Waals surface area contributed by atoms with Gasteiger partial charge < -0.3 is 9.72 Å². The second kappa shape index (κ2) is 4.92. The van der Waals surface area contributed by atoms with Gasteiger partial charge in [0.25, 0.3) is 0 Å². The van der Waals surface area contributed by atoms with Gasteiger partial charge in [0.1, 0.15) is 5.69 Å². The minimum absolute atomic E-state index is 0.775. The van der Waals surface area contributed by atoms with E-state index in [9.17, 15) is 0 Å². The Kier molecular flexibility index (Phi) is 2.92. The van der Waals surface area contributed by atoms with E-state index in [0.717, 1.165) is 31.7 Å². The highest BCUT2D eigenvalue weighted by molar-refractivity contribution is 5.90. The lowest BCUT2D eigenvalue weighted by Crippen LogP contribution is -2.40. The average Bonchev–Trinajstić information content (AvgIpc) is 2.91. The Labute approximate surface area is 124 Å². The van der Waals surface area contributed by atoms with Crippen molar-refractivity contribution in [2.45, 2.75) is 26.3 Å². The van der Waals surface area contributed by atoms with Crippen LogP contribution in [-0.4, -0.2) is 11.6 Å². The number of pyridine rings is 1. The number of nitrogens with zero attached hydrogens (tertiary/aromatic N) is 1. The molecular weight excluding hydrogens is 260 g/mol. The van der Waals surface area contributed by atoms with Gasteiger partial charge >= 0.3 is 0 Å². The molecule has 0 radical (unpaired) electrons. The minimum atomic E-state index is 0.775. The normalized spacial score (nSPS) is 13.0. The van der Waals surface area contributed by atoms with E-state index in [1.54, 1.807) is 0 Å². The summed E-state index contributed by atoms with van der Waals surface area (Å²) < 4.78 is 8.03. The lowest BCUT2D eigenvalue weighted by Gasteiger charge is -2.12. The number of rotatable bonds is 3. The molecule has 3 heteroatoms. The molecule has 3 heterocycles. The Bertz CT molecular complexity index is 804. The summed E-state index contributed by atoms with van der Waals surface area (Å²) in [6.45, 7) is 3.91. The molecule has 0 aliphatic carbocycles. The van der Waals surface area contributed by atoms with E-state index in [4.69, 9.17) is 4.74 Å². The Balaban J connectivity index is 1.81. The largest absolute Gasteiger partial charge is 0.487 e. The summed E-state index contributed by atoms with van der Waals surface area (Å²) in [4.78, 5) is 3.57. The maximum absolute atomic E-state index is 5.74. The highest BCUT2D eigenvalue weighted by atomic mass is 16.5. The van der Waals surface area contributed by atoms with E-state index in [0.29, 0.717) is 0 Å². The zero-order valence-electron chi connectivity index (χ0n) is 12.2. The van der Waals surface area contributed by atoms with Crippen LogP contribution in [0.1, 0.15) is 18.9 Å².